The first-order chi connectivity index (χ1) is 11.2. The number of pyridine rings is 1. The first-order valence-corrected chi connectivity index (χ1v) is 7.48. The summed E-state index contributed by atoms with van der Waals surface area (Å²) in [4.78, 5) is 16.8. The fraction of sp³-hybridized carbons (Fsp3) is 0.167. The topological polar surface area (TPSA) is 59.8 Å². The van der Waals surface area contributed by atoms with Crippen molar-refractivity contribution in [2.24, 2.45) is 0 Å². The highest BCUT2D eigenvalue weighted by molar-refractivity contribution is 5.95. The summed E-state index contributed by atoms with van der Waals surface area (Å²) in [5.74, 6) is 0.557. The predicted octanol–water partition coefficient (Wildman–Crippen LogP) is 3.07. The van der Waals surface area contributed by atoms with Crippen LogP contribution in [0, 0.1) is 6.92 Å². The highest BCUT2D eigenvalue weighted by atomic mass is 16.1. The van der Waals surface area contributed by atoms with Crippen LogP contribution in [-0.2, 0) is 0 Å². The molecule has 0 fully saturated rings. The highest BCUT2D eigenvalue weighted by Crippen LogP contribution is 2.15. The van der Waals surface area contributed by atoms with Gasteiger partial charge in [0, 0.05) is 6.20 Å². The zero-order chi connectivity index (χ0) is 16.2. The van der Waals surface area contributed by atoms with E-state index in [1.54, 1.807) is 17.1 Å². The smallest absolute Gasteiger partial charge is 0.255 e. The van der Waals surface area contributed by atoms with Gasteiger partial charge in [0.25, 0.3) is 5.91 Å². The molecule has 0 saturated heterocycles. The van der Waals surface area contributed by atoms with Gasteiger partial charge < -0.3 is 5.32 Å². The summed E-state index contributed by atoms with van der Waals surface area (Å²) in [5.41, 5.74) is 2.38. The fourth-order valence-corrected chi connectivity index (χ4v) is 2.44. The van der Waals surface area contributed by atoms with E-state index in [1.807, 2.05) is 62.4 Å². The minimum absolute atomic E-state index is 0.0682. The van der Waals surface area contributed by atoms with Crippen LogP contribution in [0.3, 0.4) is 0 Å². The lowest BCUT2D eigenvalue weighted by Gasteiger charge is -2.14. The molecule has 0 aliphatic heterocycles. The third-order valence-corrected chi connectivity index (χ3v) is 3.77. The first-order valence-electron chi connectivity index (χ1n) is 7.48. The number of rotatable bonds is 4. The molecule has 3 aromatic rings. The van der Waals surface area contributed by atoms with Crippen LogP contribution in [0.4, 0.5) is 0 Å². The van der Waals surface area contributed by atoms with Crippen LogP contribution in [-0.4, -0.2) is 20.7 Å². The van der Waals surface area contributed by atoms with Crippen LogP contribution in [0.1, 0.15) is 34.6 Å². The van der Waals surface area contributed by atoms with Gasteiger partial charge in [-0.3, -0.25) is 4.79 Å². The number of nitrogens with zero attached hydrogens (tertiary/aromatic N) is 3. The number of nitrogens with one attached hydrogen (secondary N) is 1. The monoisotopic (exact) mass is 306 g/mol. The van der Waals surface area contributed by atoms with Gasteiger partial charge in [0.2, 0.25) is 0 Å². The number of benzene rings is 1. The Labute approximate surface area is 135 Å². The molecule has 5 nitrogen and oxygen atoms in total. The van der Waals surface area contributed by atoms with Crippen molar-refractivity contribution >= 4 is 5.91 Å². The normalized spacial score (nSPS) is 11.9. The van der Waals surface area contributed by atoms with Crippen LogP contribution in [0.25, 0.3) is 5.82 Å². The molecule has 0 spiro atoms. The molecule has 23 heavy (non-hydrogen) atoms. The molecule has 0 saturated carbocycles. The molecule has 1 aromatic carbocycles. The standard InChI is InChI=1S/C18H18N4O/c1-13(15-8-4-3-5-9-15)21-18(23)16-12-20-22(14(16)2)17-10-6-7-11-19-17/h3-13H,1-2H3,(H,21,23)/t13-/m1/s1. The summed E-state index contributed by atoms with van der Waals surface area (Å²) < 4.78 is 1.67. The summed E-state index contributed by atoms with van der Waals surface area (Å²) in [7, 11) is 0. The van der Waals surface area contributed by atoms with Gasteiger partial charge in [-0.2, -0.15) is 5.10 Å². The molecule has 116 valence electrons. The second kappa shape index (κ2) is 6.44. The van der Waals surface area contributed by atoms with Crippen molar-refractivity contribution < 1.29 is 4.79 Å². The molecule has 3 rings (SSSR count). The van der Waals surface area contributed by atoms with E-state index in [4.69, 9.17) is 0 Å². The molecule has 0 unspecified atom stereocenters. The van der Waals surface area contributed by atoms with E-state index >= 15 is 0 Å². The summed E-state index contributed by atoms with van der Waals surface area (Å²) >= 11 is 0. The number of hydrogen-bond donors (Lipinski definition) is 1. The molecule has 5 heteroatoms. The molecule has 2 heterocycles. The van der Waals surface area contributed by atoms with Gasteiger partial charge in [-0.05, 0) is 31.5 Å². The first kappa shape index (κ1) is 15.0. The maximum absolute atomic E-state index is 12.5. The molecule has 1 amide bonds. The quantitative estimate of drug-likeness (QED) is 0.806. The number of carbonyl (C=O) groups is 1. The Morgan fingerprint density at radius 3 is 2.57 bits per heavy atom. The lowest BCUT2D eigenvalue weighted by Crippen LogP contribution is -2.27. The van der Waals surface area contributed by atoms with E-state index in [2.05, 4.69) is 15.4 Å². The number of aromatic nitrogens is 3. The zero-order valence-corrected chi connectivity index (χ0v) is 13.1. The molecule has 1 atom stereocenters. The van der Waals surface area contributed by atoms with Crippen LogP contribution in [0.5, 0.6) is 0 Å². The lowest BCUT2D eigenvalue weighted by atomic mass is 10.1. The van der Waals surface area contributed by atoms with Gasteiger partial charge in [0.15, 0.2) is 5.82 Å². The van der Waals surface area contributed by atoms with Crippen LogP contribution < -0.4 is 5.32 Å². The van der Waals surface area contributed by atoms with Crippen molar-refractivity contribution in [2.45, 2.75) is 19.9 Å². The lowest BCUT2D eigenvalue weighted by molar-refractivity contribution is 0.0939. The minimum atomic E-state index is -0.138. The fourth-order valence-electron chi connectivity index (χ4n) is 2.44. The van der Waals surface area contributed by atoms with E-state index < -0.39 is 0 Å². The van der Waals surface area contributed by atoms with E-state index in [0.29, 0.717) is 11.4 Å². The summed E-state index contributed by atoms with van der Waals surface area (Å²) in [6.07, 6.45) is 3.28. The Hall–Kier alpha value is -2.95. The summed E-state index contributed by atoms with van der Waals surface area (Å²) in [6, 6.07) is 15.4. The van der Waals surface area contributed by atoms with E-state index in [1.165, 1.54) is 0 Å². The Balaban J connectivity index is 1.80. The van der Waals surface area contributed by atoms with Crippen molar-refractivity contribution in [1.29, 1.82) is 0 Å². The van der Waals surface area contributed by atoms with Crippen molar-refractivity contribution in [1.82, 2.24) is 20.1 Å². The molecule has 1 N–H and O–H groups in total. The predicted molar refractivity (Wildman–Crippen MR) is 88.4 cm³/mol. The maximum Gasteiger partial charge on any atom is 0.255 e. The average molecular weight is 306 g/mol. The Morgan fingerprint density at radius 1 is 1.13 bits per heavy atom. The van der Waals surface area contributed by atoms with Gasteiger partial charge >= 0.3 is 0 Å². The largest absolute Gasteiger partial charge is 0.345 e. The van der Waals surface area contributed by atoms with Gasteiger partial charge in [-0.25, -0.2) is 9.67 Å². The van der Waals surface area contributed by atoms with Crippen LogP contribution in [0.15, 0.2) is 60.9 Å². The Bertz CT molecular complexity index is 796. The molecular formula is C18H18N4O. The SMILES string of the molecule is Cc1c(C(=O)N[C@H](C)c2ccccc2)cnn1-c1ccccn1. The zero-order valence-electron chi connectivity index (χ0n) is 13.1. The molecule has 0 aliphatic rings. The van der Waals surface area contributed by atoms with Crippen molar-refractivity contribution in [2.75, 3.05) is 0 Å². The summed E-state index contributed by atoms with van der Waals surface area (Å²) in [6.45, 7) is 3.83. The summed E-state index contributed by atoms with van der Waals surface area (Å²) in [5, 5.41) is 7.29. The van der Waals surface area contributed by atoms with Crippen molar-refractivity contribution in [3.05, 3.63) is 77.7 Å². The van der Waals surface area contributed by atoms with Crippen LogP contribution in [0.2, 0.25) is 0 Å². The maximum atomic E-state index is 12.5. The highest BCUT2D eigenvalue weighted by Gasteiger charge is 2.17. The number of hydrogen-bond acceptors (Lipinski definition) is 3. The third-order valence-electron chi connectivity index (χ3n) is 3.77. The van der Waals surface area contributed by atoms with E-state index in [-0.39, 0.29) is 11.9 Å². The number of carbonyl (C=O) groups excluding carboxylic acids is 1. The van der Waals surface area contributed by atoms with Gasteiger partial charge in [0.05, 0.1) is 23.5 Å². The molecule has 0 radical (unpaired) electrons. The Morgan fingerprint density at radius 2 is 1.87 bits per heavy atom. The third kappa shape index (κ3) is 3.13. The van der Waals surface area contributed by atoms with Gasteiger partial charge in [0.1, 0.15) is 0 Å². The van der Waals surface area contributed by atoms with Crippen LogP contribution >= 0.6 is 0 Å². The van der Waals surface area contributed by atoms with Crippen molar-refractivity contribution in [3.8, 4) is 5.82 Å². The molecule has 2 aromatic heterocycles. The second-order valence-electron chi connectivity index (χ2n) is 5.35. The molecule has 0 bridgehead atoms. The Kier molecular flexibility index (Phi) is 4.19. The second-order valence-corrected chi connectivity index (χ2v) is 5.35. The van der Waals surface area contributed by atoms with E-state index in [0.717, 1.165) is 11.3 Å². The van der Waals surface area contributed by atoms with Gasteiger partial charge in [-0.15, -0.1) is 0 Å². The van der Waals surface area contributed by atoms with E-state index in [9.17, 15) is 4.79 Å². The van der Waals surface area contributed by atoms with Crippen molar-refractivity contribution in [3.63, 3.8) is 0 Å². The minimum Gasteiger partial charge on any atom is -0.345 e. The number of amides is 1. The average Bonchev–Trinajstić information content (AvgIpc) is 2.98. The van der Waals surface area contributed by atoms with Gasteiger partial charge in [-0.1, -0.05) is 36.4 Å². The molecule has 0 aliphatic carbocycles. The molecular weight excluding hydrogens is 288 g/mol.